The van der Waals surface area contributed by atoms with Crippen LogP contribution in [0.25, 0.3) is 0 Å². The molecule has 0 saturated heterocycles. The molecule has 0 spiro atoms. The molecule has 0 aliphatic rings. The van der Waals surface area contributed by atoms with Gasteiger partial charge in [0.25, 0.3) is 0 Å². The second kappa shape index (κ2) is 7.50. The molecule has 0 fully saturated rings. The Hall–Kier alpha value is -0.740. The van der Waals surface area contributed by atoms with Crippen molar-refractivity contribution in [3.8, 4) is 5.75 Å². The number of hydrogen-bond acceptors (Lipinski definition) is 2. The molecule has 21 heavy (non-hydrogen) atoms. The van der Waals surface area contributed by atoms with E-state index in [1.807, 2.05) is 31.3 Å². The van der Waals surface area contributed by atoms with Gasteiger partial charge in [-0.05, 0) is 58.7 Å². The zero-order valence-corrected chi connectivity index (χ0v) is 14.9. The Kier molecular flexibility index (Phi) is 5.94. The molecule has 2 aromatic carbocycles. The van der Waals surface area contributed by atoms with Crippen molar-refractivity contribution >= 4 is 39.1 Å². The molecule has 0 bridgehead atoms. The van der Waals surface area contributed by atoms with Crippen LogP contribution in [0.2, 0.25) is 10.0 Å². The molecular weight excluding hydrogens is 373 g/mol. The average Bonchev–Trinajstić information content (AvgIpc) is 2.48. The largest absolute Gasteiger partial charge is 0.496 e. The molecule has 1 N–H and O–H groups in total. The van der Waals surface area contributed by atoms with Gasteiger partial charge in [0.05, 0.1) is 21.6 Å². The summed E-state index contributed by atoms with van der Waals surface area (Å²) >= 11 is 15.9. The van der Waals surface area contributed by atoms with Gasteiger partial charge in [-0.15, -0.1) is 0 Å². The Balaban J connectivity index is 2.27. The van der Waals surface area contributed by atoms with Crippen LogP contribution in [0.5, 0.6) is 5.75 Å². The first kappa shape index (κ1) is 16.6. The lowest BCUT2D eigenvalue weighted by atomic mass is 9.99. The van der Waals surface area contributed by atoms with E-state index in [-0.39, 0.29) is 6.04 Å². The maximum Gasteiger partial charge on any atom is 0.133 e. The molecule has 2 nitrogen and oxygen atoms in total. The van der Waals surface area contributed by atoms with Crippen LogP contribution in [-0.4, -0.2) is 14.2 Å². The fourth-order valence-corrected chi connectivity index (χ4v) is 3.26. The van der Waals surface area contributed by atoms with E-state index in [1.165, 1.54) is 5.56 Å². The van der Waals surface area contributed by atoms with Crippen molar-refractivity contribution in [3.63, 3.8) is 0 Å². The number of hydrogen-bond donors (Lipinski definition) is 1. The van der Waals surface area contributed by atoms with Crippen molar-refractivity contribution in [3.05, 3.63) is 62.0 Å². The van der Waals surface area contributed by atoms with Crippen LogP contribution < -0.4 is 10.1 Å². The van der Waals surface area contributed by atoms with Gasteiger partial charge in [0.15, 0.2) is 0 Å². The maximum absolute atomic E-state index is 6.31. The predicted molar refractivity (Wildman–Crippen MR) is 92.7 cm³/mol. The van der Waals surface area contributed by atoms with Gasteiger partial charge in [0, 0.05) is 6.04 Å². The van der Waals surface area contributed by atoms with E-state index < -0.39 is 0 Å². The first-order valence-electron chi connectivity index (χ1n) is 6.50. The number of rotatable bonds is 5. The highest BCUT2D eigenvalue weighted by atomic mass is 79.9. The third kappa shape index (κ3) is 3.92. The van der Waals surface area contributed by atoms with Gasteiger partial charge in [0.1, 0.15) is 5.75 Å². The van der Waals surface area contributed by atoms with Crippen LogP contribution in [0.1, 0.15) is 17.2 Å². The summed E-state index contributed by atoms with van der Waals surface area (Å²) in [5, 5.41) is 4.47. The number of methoxy groups -OCH3 is 1. The molecule has 112 valence electrons. The molecule has 1 atom stereocenters. The summed E-state index contributed by atoms with van der Waals surface area (Å²) in [6.45, 7) is 0. The molecule has 0 amide bonds. The molecule has 2 rings (SSSR count). The predicted octanol–water partition coefficient (Wildman–Crippen LogP) is 5.27. The smallest absolute Gasteiger partial charge is 0.133 e. The van der Waals surface area contributed by atoms with Crippen LogP contribution in [0.3, 0.4) is 0 Å². The molecule has 0 aliphatic carbocycles. The molecule has 1 unspecified atom stereocenters. The van der Waals surface area contributed by atoms with Crippen LogP contribution in [-0.2, 0) is 6.42 Å². The highest BCUT2D eigenvalue weighted by molar-refractivity contribution is 9.10. The van der Waals surface area contributed by atoms with Gasteiger partial charge in [-0.3, -0.25) is 0 Å². The van der Waals surface area contributed by atoms with Gasteiger partial charge in [-0.2, -0.15) is 0 Å². The van der Waals surface area contributed by atoms with Crippen molar-refractivity contribution in [2.45, 2.75) is 12.5 Å². The number of halogens is 3. The van der Waals surface area contributed by atoms with E-state index in [9.17, 15) is 0 Å². The zero-order valence-electron chi connectivity index (χ0n) is 11.8. The quantitative estimate of drug-likeness (QED) is 0.753. The summed E-state index contributed by atoms with van der Waals surface area (Å²) in [5.74, 6) is 0.820. The van der Waals surface area contributed by atoms with E-state index >= 15 is 0 Å². The van der Waals surface area contributed by atoms with Crippen molar-refractivity contribution in [1.82, 2.24) is 5.32 Å². The van der Waals surface area contributed by atoms with E-state index in [0.29, 0.717) is 10.0 Å². The summed E-state index contributed by atoms with van der Waals surface area (Å²) < 4.78 is 6.19. The summed E-state index contributed by atoms with van der Waals surface area (Å²) in [5.41, 5.74) is 2.18. The highest BCUT2D eigenvalue weighted by Crippen LogP contribution is 2.32. The summed E-state index contributed by atoms with van der Waals surface area (Å²) in [4.78, 5) is 0. The summed E-state index contributed by atoms with van der Waals surface area (Å²) in [7, 11) is 3.57. The highest BCUT2D eigenvalue weighted by Gasteiger charge is 2.16. The standard InChI is InChI=1S/C16H16BrCl2NO/c1-20-14(11-4-3-5-13(18)16(11)19)9-10-6-7-15(21-2)12(17)8-10/h3-8,14,20H,9H2,1-2H3. The third-order valence-corrected chi connectivity index (χ3v) is 4.81. The Morgan fingerprint density at radius 2 is 2.00 bits per heavy atom. The molecule has 0 radical (unpaired) electrons. The van der Waals surface area contributed by atoms with Gasteiger partial charge in [0.2, 0.25) is 0 Å². The first-order valence-corrected chi connectivity index (χ1v) is 8.05. The van der Waals surface area contributed by atoms with Crippen molar-refractivity contribution in [1.29, 1.82) is 0 Å². The Morgan fingerprint density at radius 1 is 1.24 bits per heavy atom. The van der Waals surface area contributed by atoms with Gasteiger partial charge >= 0.3 is 0 Å². The Labute approximate surface area is 143 Å². The minimum Gasteiger partial charge on any atom is -0.496 e. The topological polar surface area (TPSA) is 21.3 Å². The normalized spacial score (nSPS) is 12.2. The van der Waals surface area contributed by atoms with Gasteiger partial charge in [-0.1, -0.05) is 41.4 Å². The number of likely N-dealkylation sites (N-methyl/N-ethyl adjacent to an activating group) is 1. The lowest BCUT2D eigenvalue weighted by Crippen LogP contribution is -2.19. The molecule has 5 heteroatoms. The molecule has 0 saturated carbocycles. The second-order valence-electron chi connectivity index (χ2n) is 4.66. The minimum atomic E-state index is 0.0940. The van der Waals surface area contributed by atoms with E-state index in [0.717, 1.165) is 22.2 Å². The zero-order chi connectivity index (χ0) is 15.4. The van der Waals surface area contributed by atoms with Crippen LogP contribution >= 0.6 is 39.1 Å². The first-order chi connectivity index (χ1) is 10.1. The van der Waals surface area contributed by atoms with Gasteiger partial charge in [-0.25, -0.2) is 0 Å². The fourth-order valence-electron chi connectivity index (χ4n) is 2.23. The lowest BCUT2D eigenvalue weighted by Gasteiger charge is -2.19. The molecule has 0 aromatic heterocycles. The van der Waals surface area contributed by atoms with Crippen LogP contribution in [0.15, 0.2) is 40.9 Å². The molecule has 0 heterocycles. The number of ether oxygens (including phenoxy) is 1. The molecule has 0 aliphatic heterocycles. The van der Waals surface area contributed by atoms with Crippen molar-refractivity contribution in [2.24, 2.45) is 0 Å². The molecular formula is C16H16BrCl2NO. The average molecular weight is 389 g/mol. The van der Waals surface area contributed by atoms with E-state index in [4.69, 9.17) is 27.9 Å². The minimum absolute atomic E-state index is 0.0940. The molecule has 2 aromatic rings. The summed E-state index contributed by atoms with van der Waals surface area (Å²) in [6.07, 6.45) is 0.805. The number of nitrogens with one attached hydrogen (secondary N) is 1. The monoisotopic (exact) mass is 387 g/mol. The fraction of sp³-hybridized carbons (Fsp3) is 0.250. The second-order valence-corrected chi connectivity index (χ2v) is 6.30. The van der Waals surface area contributed by atoms with Gasteiger partial charge < -0.3 is 10.1 Å². The van der Waals surface area contributed by atoms with Crippen molar-refractivity contribution < 1.29 is 4.74 Å². The number of benzene rings is 2. The van der Waals surface area contributed by atoms with E-state index in [2.05, 4.69) is 27.3 Å². The Morgan fingerprint density at radius 3 is 2.62 bits per heavy atom. The maximum atomic E-state index is 6.31. The lowest BCUT2D eigenvalue weighted by molar-refractivity contribution is 0.412. The van der Waals surface area contributed by atoms with E-state index in [1.54, 1.807) is 13.2 Å². The summed E-state index contributed by atoms with van der Waals surface area (Å²) in [6, 6.07) is 11.9. The third-order valence-electron chi connectivity index (χ3n) is 3.36. The van der Waals surface area contributed by atoms with Crippen molar-refractivity contribution in [2.75, 3.05) is 14.2 Å². The van der Waals surface area contributed by atoms with Crippen LogP contribution in [0.4, 0.5) is 0 Å². The SMILES string of the molecule is CNC(Cc1ccc(OC)c(Br)c1)c1cccc(Cl)c1Cl. The Bertz CT molecular complexity index is 634. The van der Waals surface area contributed by atoms with Crippen LogP contribution in [0, 0.1) is 0 Å².